The smallest absolute Gasteiger partial charge is 0.335 e. The molecule has 1 amide bonds. The number of nitrogens with one attached hydrogen (secondary N) is 1. The van der Waals surface area contributed by atoms with Gasteiger partial charge in [0.2, 0.25) is 5.91 Å². The summed E-state index contributed by atoms with van der Waals surface area (Å²) in [7, 11) is -4.34. The largest absolute Gasteiger partial charge is 0.478 e. The van der Waals surface area contributed by atoms with Crippen LogP contribution >= 0.6 is 0 Å². The number of carbonyl (C=O) groups is 2. The normalized spacial score (nSPS) is 10.6. The molecule has 106 valence electrons. The van der Waals surface area contributed by atoms with E-state index in [1.54, 1.807) is 6.07 Å². The van der Waals surface area contributed by atoms with Crippen LogP contribution in [0.2, 0.25) is 0 Å². The highest BCUT2D eigenvalue weighted by Crippen LogP contribution is 2.18. The van der Waals surface area contributed by atoms with Crippen LogP contribution in [0.1, 0.15) is 10.4 Å². The number of amides is 1. The minimum Gasteiger partial charge on any atom is -0.478 e. The fourth-order valence-corrected chi connectivity index (χ4v) is 2.59. The maximum atomic E-state index is 13.5. The van der Waals surface area contributed by atoms with Crippen molar-refractivity contribution < 1.29 is 27.5 Å². The maximum Gasteiger partial charge on any atom is 0.335 e. The van der Waals surface area contributed by atoms with Gasteiger partial charge in [0.1, 0.15) is 23.0 Å². The van der Waals surface area contributed by atoms with Gasteiger partial charge in [-0.05, 0) is 18.2 Å². The van der Waals surface area contributed by atoms with Crippen molar-refractivity contribution in [1.82, 2.24) is 5.32 Å². The van der Waals surface area contributed by atoms with E-state index >= 15 is 0 Å². The summed E-state index contributed by atoms with van der Waals surface area (Å²) < 4.78 is 37.1. The fourth-order valence-electron chi connectivity index (χ4n) is 1.31. The molecule has 0 bridgehead atoms. The third-order valence-electron chi connectivity index (χ3n) is 2.20. The summed E-state index contributed by atoms with van der Waals surface area (Å²) >= 11 is 0. The van der Waals surface area contributed by atoms with Gasteiger partial charge in [-0.25, -0.2) is 17.6 Å². The predicted molar refractivity (Wildman–Crippen MR) is 64.0 cm³/mol. The molecule has 20 heavy (non-hydrogen) atoms. The molecule has 0 aromatic heterocycles. The van der Waals surface area contributed by atoms with E-state index in [4.69, 9.17) is 10.4 Å². The van der Waals surface area contributed by atoms with Crippen LogP contribution in [-0.4, -0.2) is 37.7 Å². The van der Waals surface area contributed by atoms with Gasteiger partial charge in [0.25, 0.3) is 0 Å². The van der Waals surface area contributed by atoms with E-state index in [1.165, 1.54) is 0 Å². The molecule has 0 aliphatic carbocycles. The van der Waals surface area contributed by atoms with E-state index in [0.29, 0.717) is 12.1 Å². The van der Waals surface area contributed by atoms with Crippen LogP contribution in [0.15, 0.2) is 23.1 Å². The molecular formula is C11H9FN2O5S. The van der Waals surface area contributed by atoms with Gasteiger partial charge in [0, 0.05) is 0 Å². The Labute approximate surface area is 113 Å². The second-order valence-corrected chi connectivity index (χ2v) is 5.60. The molecule has 0 unspecified atom stereocenters. The summed E-state index contributed by atoms with van der Waals surface area (Å²) in [6.45, 7) is -0.383. The molecule has 1 aromatic carbocycles. The molecule has 7 nitrogen and oxygen atoms in total. The number of carbonyl (C=O) groups excluding carboxylic acids is 1. The predicted octanol–water partition coefficient (Wildman–Crippen LogP) is -0.0626. The first-order valence-electron chi connectivity index (χ1n) is 5.17. The Balaban J connectivity index is 3.09. The highest BCUT2D eigenvalue weighted by Gasteiger charge is 2.24. The first-order valence-corrected chi connectivity index (χ1v) is 6.82. The maximum absolute atomic E-state index is 13.5. The Morgan fingerprint density at radius 1 is 1.40 bits per heavy atom. The van der Waals surface area contributed by atoms with Crippen LogP contribution in [0.25, 0.3) is 0 Å². The number of nitriles is 1. The van der Waals surface area contributed by atoms with Crippen molar-refractivity contribution in [2.75, 3.05) is 12.3 Å². The van der Waals surface area contributed by atoms with Crippen molar-refractivity contribution in [3.8, 4) is 6.07 Å². The highest BCUT2D eigenvalue weighted by molar-refractivity contribution is 7.92. The molecule has 0 atom stereocenters. The third-order valence-corrected chi connectivity index (χ3v) is 3.82. The van der Waals surface area contributed by atoms with Crippen LogP contribution in [0.5, 0.6) is 0 Å². The molecule has 0 aliphatic rings. The second kappa shape index (κ2) is 6.12. The Morgan fingerprint density at radius 2 is 2.05 bits per heavy atom. The van der Waals surface area contributed by atoms with E-state index < -0.39 is 43.7 Å². The topological polar surface area (TPSA) is 124 Å². The lowest BCUT2D eigenvalue weighted by atomic mass is 10.2. The number of nitrogens with zero attached hydrogens (tertiary/aromatic N) is 1. The Bertz CT molecular complexity index is 693. The van der Waals surface area contributed by atoms with Gasteiger partial charge in [-0.3, -0.25) is 4.79 Å². The molecule has 0 saturated carbocycles. The zero-order valence-corrected chi connectivity index (χ0v) is 10.8. The summed E-state index contributed by atoms with van der Waals surface area (Å²) in [5.74, 6) is -4.63. The third kappa shape index (κ3) is 3.76. The molecular weight excluding hydrogens is 291 g/mol. The number of hydrogen-bond acceptors (Lipinski definition) is 5. The molecule has 0 fully saturated rings. The Morgan fingerprint density at radius 3 is 2.60 bits per heavy atom. The zero-order chi connectivity index (χ0) is 15.3. The quantitative estimate of drug-likeness (QED) is 0.734. The first kappa shape index (κ1) is 15.6. The van der Waals surface area contributed by atoms with Crippen LogP contribution in [0, 0.1) is 17.1 Å². The lowest BCUT2D eigenvalue weighted by Gasteiger charge is -2.06. The molecule has 0 aliphatic heterocycles. The number of halogens is 1. The molecule has 0 spiro atoms. The first-order chi connectivity index (χ1) is 9.27. The average Bonchev–Trinajstić information content (AvgIpc) is 2.35. The summed E-state index contributed by atoms with van der Waals surface area (Å²) in [4.78, 5) is 21.1. The van der Waals surface area contributed by atoms with E-state index in [9.17, 15) is 22.4 Å². The number of carboxylic acid groups (broad SMARTS) is 1. The van der Waals surface area contributed by atoms with Crippen molar-refractivity contribution in [1.29, 1.82) is 5.26 Å². The van der Waals surface area contributed by atoms with Crippen molar-refractivity contribution in [2.24, 2.45) is 0 Å². The van der Waals surface area contributed by atoms with Gasteiger partial charge in [0.05, 0.1) is 11.6 Å². The number of hydrogen-bond donors (Lipinski definition) is 2. The Hall–Kier alpha value is -2.47. The number of sulfone groups is 1. The number of benzene rings is 1. The number of rotatable bonds is 5. The molecule has 1 rings (SSSR count). The monoisotopic (exact) mass is 300 g/mol. The van der Waals surface area contributed by atoms with Gasteiger partial charge in [-0.2, -0.15) is 5.26 Å². The van der Waals surface area contributed by atoms with Crippen LogP contribution in [0.3, 0.4) is 0 Å². The molecule has 0 saturated heterocycles. The van der Waals surface area contributed by atoms with Gasteiger partial charge in [0.15, 0.2) is 9.84 Å². The van der Waals surface area contributed by atoms with E-state index in [-0.39, 0.29) is 6.54 Å². The Kier molecular flexibility index (Phi) is 4.77. The minimum atomic E-state index is -4.34. The van der Waals surface area contributed by atoms with Crippen molar-refractivity contribution in [2.45, 2.75) is 4.90 Å². The molecule has 2 N–H and O–H groups in total. The standard InChI is InChI=1S/C11H9FN2O5S/c12-8-2-1-7(11(16)17)5-9(8)20(18,19)6-10(15)14-4-3-13/h1-2,5H,4,6H2,(H,14,15)(H,16,17). The van der Waals surface area contributed by atoms with Crippen molar-refractivity contribution in [3.05, 3.63) is 29.6 Å². The van der Waals surface area contributed by atoms with Crippen molar-refractivity contribution >= 4 is 21.7 Å². The fraction of sp³-hybridized carbons (Fsp3) is 0.182. The molecule has 0 radical (unpaired) electrons. The summed E-state index contributed by atoms with van der Waals surface area (Å²) in [5, 5.41) is 19.0. The lowest BCUT2D eigenvalue weighted by molar-refractivity contribution is -0.118. The number of aromatic carboxylic acids is 1. The van der Waals surface area contributed by atoms with Gasteiger partial charge in [-0.15, -0.1) is 0 Å². The van der Waals surface area contributed by atoms with Gasteiger partial charge < -0.3 is 10.4 Å². The second-order valence-electron chi connectivity index (χ2n) is 3.64. The van der Waals surface area contributed by atoms with Crippen LogP contribution < -0.4 is 5.32 Å². The highest BCUT2D eigenvalue weighted by atomic mass is 32.2. The summed E-state index contributed by atoms with van der Waals surface area (Å²) in [6, 6.07) is 3.83. The lowest BCUT2D eigenvalue weighted by Crippen LogP contribution is -2.30. The molecule has 1 aromatic rings. The summed E-state index contributed by atoms with van der Waals surface area (Å²) in [6.07, 6.45) is 0. The van der Waals surface area contributed by atoms with Crippen molar-refractivity contribution in [3.63, 3.8) is 0 Å². The number of carboxylic acids is 1. The molecule has 0 heterocycles. The van der Waals surface area contributed by atoms with Crippen LogP contribution in [0.4, 0.5) is 4.39 Å². The van der Waals surface area contributed by atoms with E-state index in [0.717, 1.165) is 6.07 Å². The molecule has 9 heteroatoms. The van der Waals surface area contributed by atoms with E-state index in [1.807, 2.05) is 5.32 Å². The SMILES string of the molecule is N#CCNC(=O)CS(=O)(=O)c1cc(C(=O)O)ccc1F. The zero-order valence-electron chi connectivity index (χ0n) is 9.96. The van der Waals surface area contributed by atoms with E-state index in [2.05, 4.69) is 0 Å². The average molecular weight is 300 g/mol. The summed E-state index contributed by atoms with van der Waals surface area (Å²) in [5.41, 5.74) is -0.414. The van der Waals surface area contributed by atoms with Crippen LogP contribution in [-0.2, 0) is 14.6 Å². The van der Waals surface area contributed by atoms with Gasteiger partial charge >= 0.3 is 5.97 Å². The minimum absolute atomic E-state index is 0.383. The van der Waals surface area contributed by atoms with Gasteiger partial charge in [-0.1, -0.05) is 0 Å².